The average Bonchev–Trinajstić information content (AvgIpc) is 2.87. The van der Waals surface area contributed by atoms with E-state index in [1.807, 2.05) is 20.0 Å². The molecule has 1 heterocycles. The minimum absolute atomic E-state index is 0.239. The van der Waals surface area contributed by atoms with E-state index in [0.717, 1.165) is 12.1 Å². The number of hydrogen-bond donors (Lipinski definition) is 2. The molecule has 1 N–H and O–H groups in total. The Morgan fingerprint density at radius 1 is 1.32 bits per heavy atom. The molecule has 22 heavy (non-hydrogen) atoms. The lowest BCUT2D eigenvalue weighted by Gasteiger charge is -2.25. The Balaban J connectivity index is 2.17. The maximum atomic E-state index is 12.4. The van der Waals surface area contributed by atoms with Crippen LogP contribution in [0.3, 0.4) is 0 Å². The summed E-state index contributed by atoms with van der Waals surface area (Å²) in [6.45, 7) is 4.55. The van der Waals surface area contributed by atoms with Crippen molar-refractivity contribution in [2.75, 3.05) is 5.75 Å². The monoisotopic (exact) mass is 357 g/mol. The Hall–Kier alpha value is -1.17. The maximum Gasteiger partial charge on any atom is 0.252 e. The Bertz CT molecular complexity index is 665. The van der Waals surface area contributed by atoms with Gasteiger partial charge in [0, 0.05) is 39.7 Å². The van der Waals surface area contributed by atoms with E-state index in [9.17, 15) is 4.79 Å². The molecule has 0 unspecified atom stereocenters. The van der Waals surface area contributed by atoms with Crippen molar-refractivity contribution in [3.63, 3.8) is 0 Å². The Labute approximate surface area is 145 Å². The molecule has 1 aromatic heterocycles. The van der Waals surface area contributed by atoms with Crippen molar-refractivity contribution in [3.8, 4) is 0 Å². The van der Waals surface area contributed by atoms with E-state index in [4.69, 9.17) is 23.2 Å². The third kappa shape index (κ3) is 4.18. The lowest BCUT2D eigenvalue weighted by Crippen LogP contribution is -2.40. The number of aryl methyl sites for hydroxylation is 1. The molecule has 0 saturated carbocycles. The first-order chi connectivity index (χ1) is 10.3. The van der Waals surface area contributed by atoms with Crippen LogP contribution in [0.25, 0.3) is 0 Å². The molecule has 4 nitrogen and oxygen atoms in total. The Morgan fingerprint density at radius 2 is 1.95 bits per heavy atom. The fourth-order valence-corrected chi connectivity index (χ4v) is 2.76. The highest BCUT2D eigenvalue weighted by molar-refractivity contribution is 7.80. The highest BCUT2D eigenvalue weighted by atomic mass is 35.5. The van der Waals surface area contributed by atoms with Crippen molar-refractivity contribution < 1.29 is 4.79 Å². The van der Waals surface area contributed by atoms with Gasteiger partial charge in [-0.3, -0.25) is 9.48 Å². The van der Waals surface area contributed by atoms with Gasteiger partial charge in [0.05, 0.1) is 11.7 Å². The smallest absolute Gasteiger partial charge is 0.252 e. The standard InChI is InChI=1S/C15H17Cl2N3OS/c1-15(2,11-8-18-20(9-11)3-4-22)19-14(21)10-5-12(16)7-13(17)6-10/h5-9,22H,3-4H2,1-2H3,(H,19,21). The van der Waals surface area contributed by atoms with Crippen molar-refractivity contribution in [3.05, 3.63) is 51.8 Å². The summed E-state index contributed by atoms with van der Waals surface area (Å²) in [5, 5.41) is 8.08. The molecule has 2 aromatic rings. The Morgan fingerprint density at radius 3 is 2.55 bits per heavy atom. The van der Waals surface area contributed by atoms with Crippen LogP contribution in [-0.4, -0.2) is 21.4 Å². The van der Waals surface area contributed by atoms with E-state index in [1.54, 1.807) is 29.1 Å². The zero-order valence-electron chi connectivity index (χ0n) is 12.3. The van der Waals surface area contributed by atoms with Crippen LogP contribution in [0.5, 0.6) is 0 Å². The highest BCUT2D eigenvalue weighted by Crippen LogP contribution is 2.22. The van der Waals surface area contributed by atoms with Gasteiger partial charge in [-0.2, -0.15) is 17.7 Å². The van der Waals surface area contributed by atoms with Crippen LogP contribution in [0.1, 0.15) is 29.8 Å². The summed E-state index contributed by atoms with van der Waals surface area (Å²) in [5.74, 6) is 0.464. The van der Waals surface area contributed by atoms with Crippen molar-refractivity contribution in [1.29, 1.82) is 0 Å². The third-order valence-corrected chi connectivity index (χ3v) is 3.87. The molecule has 0 spiro atoms. The van der Waals surface area contributed by atoms with Crippen LogP contribution >= 0.6 is 35.8 Å². The second kappa shape index (κ2) is 6.94. The zero-order chi connectivity index (χ0) is 16.3. The van der Waals surface area contributed by atoms with Gasteiger partial charge in [-0.25, -0.2) is 0 Å². The molecule has 7 heteroatoms. The molecule has 0 atom stereocenters. The SMILES string of the molecule is CC(C)(NC(=O)c1cc(Cl)cc(Cl)c1)c1cnn(CCS)c1. The minimum Gasteiger partial charge on any atom is -0.343 e. The molecular formula is C15H17Cl2N3OS. The summed E-state index contributed by atoms with van der Waals surface area (Å²) < 4.78 is 1.80. The number of amides is 1. The van der Waals surface area contributed by atoms with Gasteiger partial charge in [0.15, 0.2) is 0 Å². The van der Waals surface area contributed by atoms with Crippen LogP contribution in [0, 0.1) is 0 Å². The first kappa shape index (κ1) is 17.2. The normalized spacial score (nSPS) is 11.5. The molecule has 1 aromatic carbocycles. The molecule has 0 saturated heterocycles. The average molecular weight is 358 g/mol. The fourth-order valence-electron chi connectivity index (χ4n) is 2.02. The third-order valence-electron chi connectivity index (χ3n) is 3.23. The molecule has 0 radical (unpaired) electrons. The number of halogens is 2. The number of carbonyl (C=O) groups is 1. The number of thiol groups is 1. The van der Waals surface area contributed by atoms with Crippen LogP contribution < -0.4 is 5.32 Å². The summed E-state index contributed by atoms with van der Waals surface area (Å²) >= 11 is 16.1. The van der Waals surface area contributed by atoms with Crippen LogP contribution in [-0.2, 0) is 12.1 Å². The van der Waals surface area contributed by atoms with Crippen molar-refractivity contribution in [2.45, 2.75) is 25.9 Å². The summed E-state index contributed by atoms with van der Waals surface area (Å²) in [7, 11) is 0. The van der Waals surface area contributed by atoms with Gasteiger partial charge in [-0.15, -0.1) is 0 Å². The number of nitrogens with zero attached hydrogens (tertiary/aromatic N) is 2. The molecule has 1 amide bonds. The van der Waals surface area contributed by atoms with Crippen LogP contribution in [0.15, 0.2) is 30.6 Å². The number of benzene rings is 1. The molecule has 0 aliphatic rings. The van der Waals surface area contributed by atoms with Gasteiger partial charge >= 0.3 is 0 Å². The number of hydrogen-bond acceptors (Lipinski definition) is 3. The largest absolute Gasteiger partial charge is 0.343 e. The van der Waals surface area contributed by atoms with Gasteiger partial charge in [0.2, 0.25) is 0 Å². The Kier molecular flexibility index (Phi) is 5.42. The van der Waals surface area contributed by atoms with E-state index in [2.05, 4.69) is 23.0 Å². The first-order valence-electron chi connectivity index (χ1n) is 6.74. The summed E-state index contributed by atoms with van der Waals surface area (Å²) in [6, 6.07) is 4.76. The minimum atomic E-state index is -0.569. The van der Waals surface area contributed by atoms with Gasteiger partial charge in [0.25, 0.3) is 5.91 Å². The molecule has 0 aliphatic heterocycles. The van der Waals surface area contributed by atoms with Crippen LogP contribution in [0.2, 0.25) is 10.0 Å². The fraction of sp³-hybridized carbons (Fsp3) is 0.333. The maximum absolute atomic E-state index is 12.4. The van der Waals surface area contributed by atoms with Crippen molar-refractivity contribution in [2.24, 2.45) is 0 Å². The van der Waals surface area contributed by atoms with E-state index in [-0.39, 0.29) is 5.91 Å². The van der Waals surface area contributed by atoms with Crippen molar-refractivity contribution in [1.82, 2.24) is 15.1 Å². The van der Waals surface area contributed by atoms with E-state index in [0.29, 0.717) is 21.4 Å². The predicted octanol–water partition coefficient (Wildman–Crippen LogP) is 3.78. The second-order valence-corrected chi connectivity index (χ2v) is 6.77. The molecule has 0 fully saturated rings. The lowest BCUT2D eigenvalue weighted by molar-refractivity contribution is 0.0912. The molecular weight excluding hydrogens is 341 g/mol. The highest BCUT2D eigenvalue weighted by Gasteiger charge is 2.25. The quantitative estimate of drug-likeness (QED) is 0.799. The lowest BCUT2D eigenvalue weighted by atomic mass is 9.97. The second-order valence-electron chi connectivity index (χ2n) is 5.45. The zero-order valence-corrected chi connectivity index (χ0v) is 14.7. The number of rotatable bonds is 5. The summed E-state index contributed by atoms with van der Waals surface area (Å²) in [5.41, 5.74) is 0.768. The van der Waals surface area contributed by atoms with Gasteiger partial charge < -0.3 is 5.32 Å². The number of carbonyl (C=O) groups excluding carboxylic acids is 1. The summed E-state index contributed by atoms with van der Waals surface area (Å²) in [4.78, 5) is 12.4. The summed E-state index contributed by atoms with van der Waals surface area (Å²) in [6.07, 6.45) is 3.65. The molecule has 2 rings (SSSR count). The number of aromatic nitrogens is 2. The van der Waals surface area contributed by atoms with E-state index < -0.39 is 5.54 Å². The van der Waals surface area contributed by atoms with Crippen molar-refractivity contribution >= 4 is 41.7 Å². The van der Waals surface area contributed by atoms with Gasteiger partial charge in [-0.1, -0.05) is 23.2 Å². The van der Waals surface area contributed by atoms with E-state index >= 15 is 0 Å². The molecule has 0 aliphatic carbocycles. The van der Waals surface area contributed by atoms with Gasteiger partial charge in [-0.05, 0) is 32.0 Å². The first-order valence-corrected chi connectivity index (χ1v) is 8.13. The number of nitrogens with one attached hydrogen (secondary N) is 1. The van der Waals surface area contributed by atoms with E-state index in [1.165, 1.54) is 0 Å². The predicted molar refractivity (Wildman–Crippen MR) is 93.0 cm³/mol. The molecule has 118 valence electrons. The van der Waals surface area contributed by atoms with Gasteiger partial charge in [0.1, 0.15) is 0 Å². The topological polar surface area (TPSA) is 46.9 Å². The molecule has 0 bridgehead atoms. The van der Waals surface area contributed by atoms with Crippen LogP contribution in [0.4, 0.5) is 0 Å².